The molecule has 1 aliphatic heterocycles. The van der Waals surface area contributed by atoms with Crippen LogP contribution in [-0.4, -0.2) is 66.5 Å². The smallest absolute Gasteiger partial charge is 0.321 e. The van der Waals surface area contributed by atoms with Crippen molar-refractivity contribution in [2.45, 2.75) is 43.3 Å². The zero-order valence-electron chi connectivity index (χ0n) is 19.8. The van der Waals surface area contributed by atoms with Gasteiger partial charge in [-0.3, -0.25) is 9.69 Å². The van der Waals surface area contributed by atoms with Crippen molar-refractivity contribution in [1.82, 2.24) is 14.7 Å². The van der Waals surface area contributed by atoms with Gasteiger partial charge in [0.15, 0.2) is 0 Å². The van der Waals surface area contributed by atoms with Gasteiger partial charge in [-0.05, 0) is 63.0 Å². The van der Waals surface area contributed by atoms with Gasteiger partial charge in [0, 0.05) is 18.6 Å². The predicted molar refractivity (Wildman–Crippen MR) is 128 cm³/mol. The number of primary amides is 1. The Labute approximate surface area is 196 Å². The number of ether oxygens (including phenoxy) is 1. The van der Waals surface area contributed by atoms with E-state index in [0.717, 1.165) is 37.0 Å². The molecule has 7 heteroatoms. The lowest BCUT2D eigenvalue weighted by Crippen LogP contribution is -2.56. The number of hydrogen-bond donors (Lipinski definition) is 1. The molecule has 2 N–H and O–H groups in total. The van der Waals surface area contributed by atoms with E-state index in [1.807, 2.05) is 35.2 Å². The number of carbonyl (C=O) groups is 2. The molecule has 0 bridgehead atoms. The average molecular weight is 451 g/mol. The lowest BCUT2D eigenvalue weighted by molar-refractivity contribution is -0.119. The lowest BCUT2D eigenvalue weighted by atomic mass is 9.68. The first kappa shape index (κ1) is 23.1. The fourth-order valence-electron chi connectivity index (χ4n) is 5.65. The van der Waals surface area contributed by atoms with E-state index in [2.05, 4.69) is 43.3 Å². The Balaban J connectivity index is 1.58. The highest BCUT2D eigenvalue weighted by Gasteiger charge is 2.54. The largest absolute Gasteiger partial charge is 0.497 e. The molecule has 3 amide bonds. The summed E-state index contributed by atoms with van der Waals surface area (Å²) in [6.45, 7) is 1.05. The first-order valence-corrected chi connectivity index (χ1v) is 11.5. The number of urea groups is 1. The third-order valence-corrected chi connectivity index (χ3v) is 7.58. The fourth-order valence-corrected chi connectivity index (χ4v) is 5.65. The average Bonchev–Trinajstić information content (AvgIpc) is 3.05. The molecule has 2 fully saturated rings. The summed E-state index contributed by atoms with van der Waals surface area (Å²) in [6.07, 6.45) is 3.45. The molecule has 0 unspecified atom stereocenters. The highest BCUT2D eigenvalue weighted by molar-refractivity contribution is 5.85. The van der Waals surface area contributed by atoms with Gasteiger partial charge in [-0.2, -0.15) is 0 Å². The summed E-state index contributed by atoms with van der Waals surface area (Å²) in [5, 5.41) is 0. The Morgan fingerprint density at radius 1 is 1.03 bits per heavy atom. The molecule has 4 rings (SSSR count). The molecule has 2 aromatic rings. The molecule has 1 saturated carbocycles. The van der Waals surface area contributed by atoms with Crippen molar-refractivity contribution in [3.8, 4) is 5.75 Å². The van der Waals surface area contributed by atoms with Gasteiger partial charge in [0.1, 0.15) is 12.3 Å². The number of methoxy groups -OCH3 is 1. The summed E-state index contributed by atoms with van der Waals surface area (Å²) < 4.78 is 5.24. The zero-order valence-corrected chi connectivity index (χ0v) is 19.8. The van der Waals surface area contributed by atoms with Crippen LogP contribution in [0.5, 0.6) is 5.75 Å². The molecule has 1 saturated heterocycles. The van der Waals surface area contributed by atoms with E-state index in [4.69, 9.17) is 10.5 Å². The molecule has 7 nitrogen and oxygen atoms in total. The van der Waals surface area contributed by atoms with Gasteiger partial charge in [0.05, 0.1) is 12.6 Å². The number of hydrogen-bond acceptors (Lipinski definition) is 4. The Bertz CT molecular complexity index is 982. The van der Waals surface area contributed by atoms with Gasteiger partial charge < -0.3 is 20.3 Å². The lowest BCUT2D eigenvalue weighted by Gasteiger charge is -2.50. The second-order valence-corrected chi connectivity index (χ2v) is 9.56. The Hall–Kier alpha value is -3.06. The number of nitrogens with two attached hydrogens (primary N) is 1. The van der Waals surface area contributed by atoms with Crippen LogP contribution >= 0.6 is 0 Å². The summed E-state index contributed by atoms with van der Waals surface area (Å²) in [5.41, 5.74) is 7.43. The van der Waals surface area contributed by atoms with Gasteiger partial charge >= 0.3 is 6.03 Å². The van der Waals surface area contributed by atoms with Crippen LogP contribution in [0.4, 0.5) is 4.79 Å². The number of nitrogens with zero attached hydrogens (tertiary/aromatic N) is 3. The highest BCUT2D eigenvalue weighted by atomic mass is 16.5. The van der Waals surface area contributed by atoms with E-state index in [9.17, 15) is 9.59 Å². The van der Waals surface area contributed by atoms with Crippen molar-refractivity contribution in [2.75, 3.05) is 34.3 Å². The molecule has 0 atom stereocenters. The Kier molecular flexibility index (Phi) is 6.34. The van der Waals surface area contributed by atoms with Gasteiger partial charge in [-0.25, -0.2) is 4.79 Å². The third kappa shape index (κ3) is 4.29. The maximum atomic E-state index is 13.4. The van der Waals surface area contributed by atoms with E-state index >= 15 is 0 Å². The Morgan fingerprint density at radius 3 is 2.21 bits per heavy atom. The minimum Gasteiger partial charge on any atom is -0.497 e. The summed E-state index contributed by atoms with van der Waals surface area (Å²) in [5.74, 6) is 0.313. The zero-order chi connectivity index (χ0) is 23.6. The molecular formula is C26H34N4O3. The molecule has 176 valence electrons. The number of carbonyl (C=O) groups excluding carboxylic acids is 2. The minimum atomic E-state index is -0.471. The van der Waals surface area contributed by atoms with E-state index in [1.54, 1.807) is 12.0 Å². The van der Waals surface area contributed by atoms with Gasteiger partial charge in [0.25, 0.3) is 0 Å². The van der Waals surface area contributed by atoms with E-state index < -0.39 is 5.91 Å². The van der Waals surface area contributed by atoms with Crippen molar-refractivity contribution in [3.05, 3.63) is 65.7 Å². The number of amides is 3. The predicted octanol–water partition coefficient (Wildman–Crippen LogP) is 3.19. The van der Waals surface area contributed by atoms with Crippen molar-refractivity contribution in [2.24, 2.45) is 5.73 Å². The SMILES string of the molecule is COc1ccc(CN2CC3(CCC(c4ccccc4)(N(C)C)CC3)N(CC(N)=O)C2=O)cc1. The molecule has 33 heavy (non-hydrogen) atoms. The second-order valence-electron chi connectivity index (χ2n) is 9.56. The van der Waals surface area contributed by atoms with E-state index in [-0.39, 0.29) is 23.7 Å². The quantitative estimate of drug-likeness (QED) is 0.703. The Morgan fingerprint density at radius 2 is 1.67 bits per heavy atom. The monoisotopic (exact) mass is 450 g/mol. The van der Waals surface area contributed by atoms with Gasteiger partial charge in [-0.1, -0.05) is 42.5 Å². The number of rotatable bonds is 7. The maximum absolute atomic E-state index is 13.4. The van der Waals surface area contributed by atoms with Crippen molar-refractivity contribution < 1.29 is 14.3 Å². The van der Waals surface area contributed by atoms with Crippen molar-refractivity contribution in [3.63, 3.8) is 0 Å². The molecule has 2 aromatic carbocycles. The van der Waals surface area contributed by atoms with Crippen molar-refractivity contribution >= 4 is 11.9 Å². The summed E-state index contributed by atoms with van der Waals surface area (Å²) >= 11 is 0. The fraction of sp³-hybridized carbons (Fsp3) is 0.462. The van der Waals surface area contributed by atoms with Gasteiger partial charge in [-0.15, -0.1) is 0 Å². The van der Waals surface area contributed by atoms with Crippen LogP contribution in [0.2, 0.25) is 0 Å². The third-order valence-electron chi connectivity index (χ3n) is 7.58. The molecule has 1 spiro atoms. The van der Waals surface area contributed by atoms with Crippen LogP contribution in [0.3, 0.4) is 0 Å². The summed E-state index contributed by atoms with van der Waals surface area (Å²) in [6, 6.07) is 18.2. The van der Waals surface area contributed by atoms with Crippen LogP contribution in [0.15, 0.2) is 54.6 Å². The van der Waals surface area contributed by atoms with E-state index in [0.29, 0.717) is 13.1 Å². The molecule has 2 aliphatic rings. The summed E-state index contributed by atoms with van der Waals surface area (Å²) in [7, 11) is 5.89. The summed E-state index contributed by atoms with van der Waals surface area (Å²) in [4.78, 5) is 31.2. The maximum Gasteiger partial charge on any atom is 0.321 e. The first-order chi connectivity index (χ1) is 15.8. The minimum absolute atomic E-state index is 0.0434. The normalized spacial score (nSPS) is 25.2. The van der Waals surface area contributed by atoms with Crippen LogP contribution < -0.4 is 10.5 Å². The van der Waals surface area contributed by atoms with Crippen LogP contribution in [0.1, 0.15) is 36.8 Å². The van der Waals surface area contributed by atoms with Crippen LogP contribution in [-0.2, 0) is 16.9 Å². The molecule has 0 radical (unpaired) electrons. The van der Waals surface area contributed by atoms with E-state index in [1.165, 1.54) is 5.56 Å². The van der Waals surface area contributed by atoms with Crippen LogP contribution in [0, 0.1) is 0 Å². The first-order valence-electron chi connectivity index (χ1n) is 11.5. The molecule has 0 aromatic heterocycles. The van der Waals surface area contributed by atoms with Crippen LogP contribution in [0.25, 0.3) is 0 Å². The van der Waals surface area contributed by atoms with Gasteiger partial charge in [0.2, 0.25) is 5.91 Å². The standard InChI is InChI=1S/C26H34N4O3/c1-28(2)26(21-7-5-4-6-8-21)15-13-25(14-16-26)19-29(24(32)30(25)18-23(27)31)17-20-9-11-22(33-3)12-10-20/h4-12H,13-19H2,1-3H3,(H2,27,31). The number of benzene rings is 2. The topological polar surface area (TPSA) is 79.1 Å². The van der Waals surface area contributed by atoms with Crippen molar-refractivity contribution in [1.29, 1.82) is 0 Å². The molecule has 1 aliphatic carbocycles. The highest BCUT2D eigenvalue weighted by Crippen LogP contribution is 2.49. The molecular weight excluding hydrogens is 416 g/mol. The second kappa shape index (κ2) is 9.06. The molecule has 1 heterocycles.